The Morgan fingerprint density at radius 3 is 2.26 bits per heavy atom. The number of methoxy groups -OCH3 is 1. The van der Waals surface area contributed by atoms with E-state index in [4.69, 9.17) is 9.47 Å². The first-order valence-electron chi connectivity index (χ1n) is 9.04. The van der Waals surface area contributed by atoms with Crippen molar-refractivity contribution in [2.24, 2.45) is 5.92 Å². The summed E-state index contributed by atoms with van der Waals surface area (Å²) in [5.74, 6) is 0.442. The van der Waals surface area contributed by atoms with Gasteiger partial charge in [0.05, 0.1) is 13.0 Å². The van der Waals surface area contributed by atoms with Crippen molar-refractivity contribution in [3.05, 3.63) is 66.2 Å². The molecule has 140 valence electrons. The van der Waals surface area contributed by atoms with Gasteiger partial charge in [0.25, 0.3) is 0 Å². The molecule has 1 amide bonds. The maximum Gasteiger partial charge on any atom is 0.314 e. The molecule has 0 aromatic heterocycles. The highest BCUT2D eigenvalue weighted by Crippen LogP contribution is 2.28. The molecule has 0 saturated carbocycles. The van der Waals surface area contributed by atoms with Crippen LogP contribution in [0.1, 0.15) is 18.4 Å². The van der Waals surface area contributed by atoms with E-state index in [0.29, 0.717) is 37.4 Å². The molecule has 2 aromatic carbocycles. The summed E-state index contributed by atoms with van der Waals surface area (Å²) in [6, 6.07) is 16.8. The van der Waals surface area contributed by atoms with E-state index in [1.165, 1.54) is 0 Å². The molecule has 0 aliphatic carbocycles. The van der Waals surface area contributed by atoms with Crippen LogP contribution < -0.4 is 9.47 Å². The van der Waals surface area contributed by atoms with Crippen LogP contribution in [0.25, 0.3) is 6.08 Å². The highest BCUT2D eigenvalue weighted by atomic mass is 16.6. The van der Waals surface area contributed by atoms with Crippen LogP contribution in [0.5, 0.6) is 11.5 Å². The number of benzene rings is 2. The van der Waals surface area contributed by atoms with Crippen LogP contribution in [0, 0.1) is 5.92 Å². The fourth-order valence-corrected chi connectivity index (χ4v) is 3.07. The van der Waals surface area contributed by atoms with E-state index in [2.05, 4.69) is 0 Å². The molecule has 5 nitrogen and oxygen atoms in total. The molecule has 1 fully saturated rings. The van der Waals surface area contributed by atoms with Gasteiger partial charge in [0, 0.05) is 19.2 Å². The van der Waals surface area contributed by atoms with Crippen LogP contribution in [-0.2, 0) is 9.59 Å². The van der Waals surface area contributed by atoms with Crippen molar-refractivity contribution >= 4 is 18.0 Å². The van der Waals surface area contributed by atoms with Gasteiger partial charge in [-0.15, -0.1) is 0 Å². The van der Waals surface area contributed by atoms with Gasteiger partial charge in [-0.05, 0) is 36.6 Å². The molecule has 1 saturated heterocycles. The Morgan fingerprint density at radius 2 is 1.59 bits per heavy atom. The number of carbonyl (C=O) groups is 2. The lowest BCUT2D eigenvalue weighted by Gasteiger charge is -2.30. The van der Waals surface area contributed by atoms with Crippen LogP contribution >= 0.6 is 0 Å². The Labute approximate surface area is 159 Å². The molecular weight excluding hydrogens is 342 g/mol. The fraction of sp³-hybridized carbons (Fsp3) is 0.273. The number of nitrogens with zero attached hydrogens (tertiary/aromatic N) is 1. The third-order valence-electron chi connectivity index (χ3n) is 4.64. The first-order valence-corrected chi connectivity index (χ1v) is 9.04. The third kappa shape index (κ3) is 4.97. The molecule has 1 aliphatic rings. The van der Waals surface area contributed by atoms with Crippen molar-refractivity contribution < 1.29 is 19.1 Å². The average Bonchev–Trinajstić information content (AvgIpc) is 2.73. The van der Waals surface area contributed by atoms with E-state index in [0.717, 1.165) is 5.56 Å². The molecule has 3 rings (SSSR count). The molecule has 0 bridgehead atoms. The lowest BCUT2D eigenvalue weighted by atomic mass is 9.97. The summed E-state index contributed by atoms with van der Waals surface area (Å²) in [6.07, 6.45) is 4.59. The Bertz CT molecular complexity index is 808. The molecule has 2 aromatic rings. The number of likely N-dealkylation sites (tertiary alicyclic amines) is 1. The lowest BCUT2D eigenvalue weighted by Crippen LogP contribution is -2.40. The van der Waals surface area contributed by atoms with Gasteiger partial charge in [-0.25, -0.2) is 0 Å². The zero-order chi connectivity index (χ0) is 19.1. The first kappa shape index (κ1) is 18.7. The van der Waals surface area contributed by atoms with Gasteiger partial charge >= 0.3 is 5.97 Å². The molecular formula is C22H23NO4. The molecule has 27 heavy (non-hydrogen) atoms. The summed E-state index contributed by atoms with van der Waals surface area (Å²) in [5, 5.41) is 0. The largest absolute Gasteiger partial charge is 0.493 e. The van der Waals surface area contributed by atoms with Crippen LogP contribution in [0.3, 0.4) is 0 Å². The van der Waals surface area contributed by atoms with Crippen molar-refractivity contribution in [1.82, 2.24) is 4.90 Å². The minimum Gasteiger partial charge on any atom is -0.493 e. The first-order chi connectivity index (χ1) is 13.2. The predicted molar refractivity (Wildman–Crippen MR) is 103 cm³/mol. The number of carbonyl (C=O) groups excluding carboxylic acids is 2. The maximum atomic E-state index is 12.4. The van der Waals surface area contributed by atoms with Crippen molar-refractivity contribution in [1.29, 1.82) is 0 Å². The lowest BCUT2D eigenvalue weighted by molar-refractivity contribution is -0.142. The van der Waals surface area contributed by atoms with E-state index in [1.54, 1.807) is 36.3 Å². The van der Waals surface area contributed by atoms with Crippen molar-refractivity contribution in [2.75, 3.05) is 20.2 Å². The number of hydrogen-bond acceptors (Lipinski definition) is 4. The number of piperidine rings is 1. The number of rotatable bonds is 5. The predicted octanol–water partition coefficient (Wildman–Crippen LogP) is 3.55. The van der Waals surface area contributed by atoms with Crippen LogP contribution in [-0.4, -0.2) is 37.0 Å². The molecule has 0 atom stereocenters. The molecule has 0 N–H and O–H groups in total. The molecule has 0 radical (unpaired) electrons. The van der Waals surface area contributed by atoms with Gasteiger partial charge in [-0.3, -0.25) is 9.59 Å². The maximum absolute atomic E-state index is 12.4. The number of esters is 1. The molecule has 0 spiro atoms. The number of ether oxygens (including phenoxy) is 2. The second-order valence-electron chi connectivity index (χ2n) is 6.42. The Hall–Kier alpha value is -3.08. The van der Waals surface area contributed by atoms with Crippen LogP contribution in [0.15, 0.2) is 60.7 Å². The van der Waals surface area contributed by atoms with Gasteiger partial charge in [-0.1, -0.05) is 42.5 Å². The number of para-hydroxylation sites is 2. The fourth-order valence-electron chi connectivity index (χ4n) is 3.07. The van der Waals surface area contributed by atoms with Gasteiger partial charge in [0.2, 0.25) is 5.91 Å². The second-order valence-corrected chi connectivity index (χ2v) is 6.42. The summed E-state index contributed by atoms with van der Waals surface area (Å²) in [5.41, 5.74) is 0.987. The zero-order valence-electron chi connectivity index (χ0n) is 15.3. The van der Waals surface area contributed by atoms with Crippen molar-refractivity contribution in [3.8, 4) is 11.5 Å². The third-order valence-corrected chi connectivity index (χ3v) is 4.64. The summed E-state index contributed by atoms with van der Waals surface area (Å²) >= 11 is 0. The summed E-state index contributed by atoms with van der Waals surface area (Å²) in [4.78, 5) is 26.5. The smallest absolute Gasteiger partial charge is 0.314 e. The van der Waals surface area contributed by atoms with E-state index in [1.807, 2.05) is 42.5 Å². The summed E-state index contributed by atoms with van der Waals surface area (Å²) in [7, 11) is 1.54. The highest BCUT2D eigenvalue weighted by molar-refractivity contribution is 5.92. The summed E-state index contributed by atoms with van der Waals surface area (Å²) in [6.45, 7) is 1.09. The normalized spacial score (nSPS) is 14.9. The minimum absolute atomic E-state index is 0.0320. The molecule has 1 aliphatic heterocycles. The van der Waals surface area contributed by atoms with E-state index < -0.39 is 0 Å². The standard InChI is InChI=1S/C22H23NO4/c1-26-19-9-5-6-10-20(19)27-22(25)18-13-15-23(16-14-18)21(24)12-11-17-7-3-2-4-8-17/h2-12,18H,13-16H2,1H3/b12-11+. The minimum atomic E-state index is -0.272. The van der Waals surface area contributed by atoms with Gasteiger partial charge in [0.15, 0.2) is 11.5 Å². The van der Waals surface area contributed by atoms with E-state index in [-0.39, 0.29) is 17.8 Å². The van der Waals surface area contributed by atoms with Crippen LogP contribution in [0.4, 0.5) is 0 Å². The number of hydrogen-bond donors (Lipinski definition) is 0. The van der Waals surface area contributed by atoms with Gasteiger partial charge in [0.1, 0.15) is 0 Å². The van der Waals surface area contributed by atoms with E-state index >= 15 is 0 Å². The van der Waals surface area contributed by atoms with E-state index in [9.17, 15) is 9.59 Å². The molecule has 0 unspecified atom stereocenters. The van der Waals surface area contributed by atoms with Gasteiger partial charge in [-0.2, -0.15) is 0 Å². The Balaban J connectivity index is 1.51. The van der Waals surface area contributed by atoms with Crippen molar-refractivity contribution in [3.63, 3.8) is 0 Å². The number of amides is 1. The molecule has 5 heteroatoms. The molecule has 1 heterocycles. The highest BCUT2D eigenvalue weighted by Gasteiger charge is 2.28. The summed E-state index contributed by atoms with van der Waals surface area (Å²) < 4.78 is 10.7. The van der Waals surface area contributed by atoms with Crippen molar-refractivity contribution in [2.45, 2.75) is 12.8 Å². The van der Waals surface area contributed by atoms with Crippen LogP contribution in [0.2, 0.25) is 0 Å². The second kappa shape index (κ2) is 9.03. The topological polar surface area (TPSA) is 55.8 Å². The zero-order valence-corrected chi connectivity index (χ0v) is 15.3. The van der Waals surface area contributed by atoms with Gasteiger partial charge < -0.3 is 14.4 Å². The monoisotopic (exact) mass is 365 g/mol. The Kier molecular flexibility index (Phi) is 6.26. The SMILES string of the molecule is COc1ccccc1OC(=O)C1CCN(C(=O)/C=C/c2ccccc2)CC1. The Morgan fingerprint density at radius 1 is 0.963 bits per heavy atom. The average molecular weight is 365 g/mol. The quantitative estimate of drug-likeness (QED) is 0.462.